The number of carbonyl (C=O) groups excluding carboxylic acids is 1. The average molecular weight is 384 g/mol. The van der Waals surface area contributed by atoms with Crippen LogP contribution in [-0.4, -0.2) is 33.9 Å². The summed E-state index contributed by atoms with van der Waals surface area (Å²) < 4.78 is 43.0. The van der Waals surface area contributed by atoms with Crippen molar-refractivity contribution in [3.63, 3.8) is 0 Å². The number of alkyl carbamates (subject to hydrolysis) is 1. The third kappa shape index (κ3) is 6.54. The van der Waals surface area contributed by atoms with Crippen LogP contribution in [0.15, 0.2) is 48.7 Å². The molecule has 6 nitrogen and oxygen atoms in total. The summed E-state index contributed by atoms with van der Waals surface area (Å²) >= 11 is 0. The lowest BCUT2D eigenvalue weighted by Crippen LogP contribution is -2.30. The zero-order valence-electron chi connectivity index (χ0n) is 14.2. The van der Waals surface area contributed by atoms with Crippen LogP contribution in [0.1, 0.15) is 29.3 Å². The molecule has 9 heteroatoms. The molecule has 0 fully saturated rings. The van der Waals surface area contributed by atoms with Gasteiger partial charge in [0.05, 0.1) is 17.4 Å². The van der Waals surface area contributed by atoms with Crippen molar-refractivity contribution in [2.24, 2.45) is 0 Å². The zero-order valence-corrected chi connectivity index (χ0v) is 14.2. The van der Waals surface area contributed by atoms with Gasteiger partial charge in [-0.1, -0.05) is 30.3 Å². The first-order chi connectivity index (χ1) is 12.8. The minimum absolute atomic E-state index is 0.0369. The first kappa shape index (κ1) is 20.7. The quantitative estimate of drug-likeness (QED) is 0.683. The molecule has 2 rings (SSSR count). The molecule has 1 aromatic heterocycles. The van der Waals surface area contributed by atoms with Gasteiger partial charge in [0.15, 0.2) is 0 Å². The molecule has 0 saturated carbocycles. The molecule has 0 aliphatic carbocycles. The molecule has 146 valence electrons. The van der Waals surface area contributed by atoms with E-state index in [0.717, 1.165) is 17.8 Å². The number of halogens is 3. The highest BCUT2D eigenvalue weighted by molar-refractivity contribution is 5.67. The monoisotopic (exact) mass is 384 g/mol. The Morgan fingerprint density at radius 3 is 2.56 bits per heavy atom. The van der Waals surface area contributed by atoms with Gasteiger partial charge in [0, 0.05) is 12.7 Å². The lowest BCUT2D eigenvalue weighted by molar-refractivity contribution is -0.137. The van der Waals surface area contributed by atoms with E-state index >= 15 is 0 Å². The molecule has 0 spiro atoms. The highest BCUT2D eigenvalue weighted by Gasteiger charge is 2.32. The molecule has 0 radical (unpaired) electrons. The molecular formula is C18H19F3N2O4. The number of hydrogen-bond acceptors (Lipinski definition) is 5. The fourth-order valence-electron chi connectivity index (χ4n) is 2.24. The lowest BCUT2D eigenvalue weighted by atomic mass is 10.1. The number of aromatic nitrogens is 1. The predicted octanol–water partition coefficient (Wildman–Crippen LogP) is 2.81. The molecule has 1 heterocycles. The summed E-state index contributed by atoms with van der Waals surface area (Å²) in [5, 5.41) is 22.3. The third-order valence-electron chi connectivity index (χ3n) is 3.70. The molecule has 0 bridgehead atoms. The maximum absolute atomic E-state index is 12.7. The van der Waals surface area contributed by atoms with Crippen LogP contribution in [0.4, 0.5) is 18.0 Å². The number of amides is 1. The summed E-state index contributed by atoms with van der Waals surface area (Å²) in [6, 6.07) is 10.5. The van der Waals surface area contributed by atoms with Gasteiger partial charge in [0.2, 0.25) is 0 Å². The van der Waals surface area contributed by atoms with Crippen LogP contribution in [-0.2, 0) is 17.5 Å². The van der Waals surface area contributed by atoms with Gasteiger partial charge >= 0.3 is 12.3 Å². The molecule has 0 aliphatic rings. The summed E-state index contributed by atoms with van der Waals surface area (Å²) in [7, 11) is 0. The second-order valence-electron chi connectivity index (χ2n) is 5.76. The number of benzene rings is 1. The van der Waals surface area contributed by atoms with Gasteiger partial charge in [-0.05, 0) is 24.1 Å². The van der Waals surface area contributed by atoms with Crippen molar-refractivity contribution in [2.75, 3.05) is 6.54 Å². The third-order valence-corrected chi connectivity index (χ3v) is 3.70. The van der Waals surface area contributed by atoms with Gasteiger partial charge in [-0.25, -0.2) is 4.79 Å². The Balaban J connectivity index is 1.78. The number of nitrogens with one attached hydrogen (secondary N) is 1. The number of ether oxygens (including phenoxy) is 1. The zero-order chi connectivity index (χ0) is 19.9. The summed E-state index contributed by atoms with van der Waals surface area (Å²) in [5.74, 6) is 0. The highest BCUT2D eigenvalue weighted by atomic mass is 19.4. The normalized spacial score (nSPS) is 13.7. The summed E-state index contributed by atoms with van der Waals surface area (Å²) in [4.78, 5) is 15.2. The molecule has 1 aromatic carbocycles. The molecule has 2 atom stereocenters. The number of alkyl halides is 3. The molecule has 2 unspecified atom stereocenters. The largest absolute Gasteiger partial charge is 0.445 e. The van der Waals surface area contributed by atoms with Gasteiger partial charge < -0.3 is 20.3 Å². The summed E-state index contributed by atoms with van der Waals surface area (Å²) in [5.41, 5.74) is -0.468. The Bertz CT molecular complexity index is 741. The summed E-state index contributed by atoms with van der Waals surface area (Å²) in [6.45, 7) is 0.0385. The molecular weight excluding hydrogens is 365 g/mol. The maximum atomic E-state index is 12.7. The van der Waals surface area contributed by atoms with Crippen LogP contribution in [0.25, 0.3) is 0 Å². The number of pyridine rings is 1. The smallest absolute Gasteiger partial charge is 0.416 e. The SMILES string of the molecule is O=C(NCCC(O)C(O)c1cc(C(F)(F)F)ccn1)OCc1ccccc1. The number of aliphatic hydroxyl groups is 2. The number of rotatable bonds is 7. The van der Waals surface area contributed by atoms with E-state index in [4.69, 9.17) is 4.74 Å². The van der Waals surface area contributed by atoms with Crippen LogP contribution in [0.2, 0.25) is 0 Å². The number of nitrogens with zero attached hydrogens (tertiary/aromatic N) is 1. The highest BCUT2D eigenvalue weighted by Crippen LogP contribution is 2.30. The van der Waals surface area contributed by atoms with Crippen molar-refractivity contribution in [1.82, 2.24) is 10.3 Å². The van der Waals surface area contributed by atoms with Crippen molar-refractivity contribution in [2.45, 2.75) is 31.4 Å². The van der Waals surface area contributed by atoms with Gasteiger partial charge in [0.25, 0.3) is 0 Å². The van der Waals surface area contributed by atoms with Gasteiger partial charge in [-0.15, -0.1) is 0 Å². The van der Waals surface area contributed by atoms with Crippen LogP contribution in [0.3, 0.4) is 0 Å². The predicted molar refractivity (Wildman–Crippen MR) is 89.5 cm³/mol. The second kappa shape index (κ2) is 9.33. The Hall–Kier alpha value is -2.65. The van der Waals surface area contributed by atoms with Crippen LogP contribution < -0.4 is 5.32 Å². The molecule has 2 aromatic rings. The van der Waals surface area contributed by atoms with E-state index in [1.807, 2.05) is 6.07 Å². The van der Waals surface area contributed by atoms with Gasteiger partial charge in [0.1, 0.15) is 12.7 Å². The minimum atomic E-state index is -4.58. The number of aliphatic hydroxyl groups excluding tert-OH is 2. The van der Waals surface area contributed by atoms with Crippen molar-refractivity contribution < 1.29 is 32.9 Å². The molecule has 27 heavy (non-hydrogen) atoms. The van der Waals surface area contributed by atoms with E-state index in [1.54, 1.807) is 24.3 Å². The van der Waals surface area contributed by atoms with E-state index < -0.39 is 30.0 Å². The standard InChI is InChI=1S/C18H19F3N2O4/c19-18(20,21)13-6-8-22-14(10-13)16(25)15(24)7-9-23-17(26)27-11-12-4-2-1-3-5-12/h1-6,8,10,15-16,24-25H,7,9,11H2,(H,23,26). The Kier molecular flexibility index (Phi) is 7.14. The maximum Gasteiger partial charge on any atom is 0.416 e. The van der Waals surface area contributed by atoms with E-state index in [2.05, 4.69) is 10.3 Å². The minimum Gasteiger partial charge on any atom is -0.445 e. The van der Waals surface area contributed by atoms with Crippen LogP contribution in [0.5, 0.6) is 0 Å². The van der Waals surface area contributed by atoms with Crippen molar-refractivity contribution >= 4 is 6.09 Å². The van der Waals surface area contributed by atoms with Crippen LogP contribution in [0, 0.1) is 0 Å². The van der Waals surface area contributed by atoms with E-state index in [9.17, 15) is 28.2 Å². The fraction of sp³-hybridized carbons (Fsp3) is 0.333. The molecule has 0 aliphatic heterocycles. The molecule has 0 saturated heterocycles. The Labute approximate surface area is 153 Å². The van der Waals surface area contributed by atoms with Gasteiger partial charge in [-0.3, -0.25) is 4.98 Å². The first-order valence-electron chi connectivity index (χ1n) is 8.11. The Morgan fingerprint density at radius 2 is 1.89 bits per heavy atom. The van der Waals surface area contributed by atoms with Crippen LogP contribution >= 0.6 is 0 Å². The fourth-order valence-corrected chi connectivity index (χ4v) is 2.24. The lowest BCUT2D eigenvalue weighted by Gasteiger charge is -2.18. The van der Waals surface area contributed by atoms with Crippen molar-refractivity contribution in [3.8, 4) is 0 Å². The van der Waals surface area contributed by atoms with E-state index in [1.165, 1.54) is 0 Å². The summed E-state index contributed by atoms with van der Waals surface area (Å²) in [6.07, 6.45) is -7.50. The number of carbonyl (C=O) groups is 1. The topological polar surface area (TPSA) is 91.7 Å². The molecule has 3 N–H and O–H groups in total. The van der Waals surface area contributed by atoms with E-state index in [0.29, 0.717) is 6.07 Å². The first-order valence-corrected chi connectivity index (χ1v) is 8.11. The van der Waals surface area contributed by atoms with Crippen molar-refractivity contribution in [3.05, 3.63) is 65.5 Å². The van der Waals surface area contributed by atoms with Crippen molar-refractivity contribution in [1.29, 1.82) is 0 Å². The molecule has 1 amide bonds. The second-order valence-corrected chi connectivity index (χ2v) is 5.76. The van der Waals surface area contributed by atoms with E-state index in [-0.39, 0.29) is 25.3 Å². The Morgan fingerprint density at radius 1 is 1.19 bits per heavy atom. The average Bonchev–Trinajstić information content (AvgIpc) is 2.66. The number of hydrogen-bond donors (Lipinski definition) is 3. The van der Waals surface area contributed by atoms with Gasteiger partial charge in [-0.2, -0.15) is 13.2 Å².